The molecule has 24 heavy (non-hydrogen) atoms. The van der Waals surface area contributed by atoms with Crippen molar-refractivity contribution in [3.63, 3.8) is 0 Å². The third-order valence-electron chi connectivity index (χ3n) is 4.77. The van der Waals surface area contributed by atoms with Crippen molar-refractivity contribution >= 4 is 5.96 Å². The van der Waals surface area contributed by atoms with Crippen molar-refractivity contribution in [2.24, 2.45) is 4.99 Å². The summed E-state index contributed by atoms with van der Waals surface area (Å²) in [5, 5.41) is 11.0. The zero-order valence-corrected chi connectivity index (χ0v) is 14.4. The van der Waals surface area contributed by atoms with Crippen molar-refractivity contribution in [2.75, 3.05) is 19.6 Å². The summed E-state index contributed by atoms with van der Waals surface area (Å²) in [6.07, 6.45) is 7.54. The van der Waals surface area contributed by atoms with Crippen LogP contribution in [0.3, 0.4) is 0 Å². The minimum atomic E-state index is 0.228. The van der Waals surface area contributed by atoms with Gasteiger partial charge in [0, 0.05) is 30.9 Å². The van der Waals surface area contributed by atoms with Gasteiger partial charge >= 0.3 is 0 Å². The van der Waals surface area contributed by atoms with Crippen LogP contribution in [0.25, 0.3) is 0 Å². The first-order valence-electron chi connectivity index (χ1n) is 8.87. The third-order valence-corrected chi connectivity index (χ3v) is 4.77. The Morgan fingerprint density at radius 3 is 2.67 bits per heavy atom. The molecule has 1 aliphatic rings. The summed E-state index contributed by atoms with van der Waals surface area (Å²) >= 11 is 0. The van der Waals surface area contributed by atoms with Crippen molar-refractivity contribution in [1.82, 2.24) is 20.4 Å². The second-order valence-corrected chi connectivity index (χ2v) is 6.39. The molecule has 1 aromatic heterocycles. The van der Waals surface area contributed by atoms with Gasteiger partial charge in [0.15, 0.2) is 5.96 Å². The molecule has 0 aliphatic heterocycles. The monoisotopic (exact) mass is 325 g/mol. The molecule has 1 aromatic carbocycles. The number of aliphatic imine (C=N–C) groups is 1. The van der Waals surface area contributed by atoms with Crippen LogP contribution in [0.5, 0.6) is 0 Å². The number of aromatic nitrogens is 2. The molecule has 3 rings (SSSR count). The number of nitrogens with zero attached hydrogens (tertiary/aromatic N) is 3. The highest BCUT2D eigenvalue weighted by Gasteiger charge is 2.38. The molecule has 1 saturated carbocycles. The maximum absolute atomic E-state index is 4.87. The average Bonchev–Trinajstić information content (AvgIpc) is 3.08. The fourth-order valence-corrected chi connectivity index (χ4v) is 3.23. The first-order valence-corrected chi connectivity index (χ1v) is 8.87. The van der Waals surface area contributed by atoms with Crippen LogP contribution in [0.1, 0.15) is 31.7 Å². The lowest BCUT2D eigenvalue weighted by atomic mass is 9.64. The topological polar surface area (TPSA) is 54.2 Å². The molecule has 0 amide bonds. The van der Waals surface area contributed by atoms with Crippen LogP contribution in [0.15, 0.2) is 53.8 Å². The summed E-state index contributed by atoms with van der Waals surface area (Å²) in [7, 11) is 0. The number of hydrogen-bond acceptors (Lipinski definition) is 2. The zero-order chi connectivity index (χ0) is 16.7. The Morgan fingerprint density at radius 2 is 2.04 bits per heavy atom. The van der Waals surface area contributed by atoms with Crippen LogP contribution < -0.4 is 10.6 Å². The van der Waals surface area contributed by atoms with E-state index in [1.807, 2.05) is 16.9 Å². The van der Waals surface area contributed by atoms with E-state index in [0.717, 1.165) is 32.1 Å². The van der Waals surface area contributed by atoms with Gasteiger partial charge in [-0.3, -0.25) is 9.67 Å². The molecule has 128 valence electrons. The van der Waals surface area contributed by atoms with Gasteiger partial charge < -0.3 is 10.6 Å². The number of nitrogens with one attached hydrogen (secondary N) is 2. The lowest BCUT2D eigenvalue weighted by Gasteiger charge is -2.41. The van der Waals surface area contributed by atoms with Crippen LogP contribution in [0.2, 0.25) is 0 Å². The van der Waals surface area contributed by atoms with Gasteiger partial charge in [-0.25, -0.2) is 0 Å². The van der Waals surface area contributed by atoms with E-state index < -0.39 is 0 Å². The predicted octanol–water partition coefficient (Wildman–Crippen LogP) is 2.56. The molecule has 1 fully saturated rings. The Balaban J connectivity index is 1.60. The normalized spacial score (nSPS) is 16.5. The van der Waals surface area contributed by atoms with Crippen LogP contribution in [-0.2, 0) is 12.0 Å². The standard InChI is InChI=1S/C19H27N5/c1-2-20-18(21-13-15-24-14-7-12-23-24)22-16-19(10-6-11-19)17-8-4-3-5-9-17/h3-5,7-9,12,14H,2,6,10-11,13,15-16H2,1H3,(H2,20,21,22). The molecule has 1 aliphatic carbocycles. The maximum Gasteiger partial charge on any atom is 0.191 e. The Kier molecular flexibility index (Phi) is 5.51. The van der Waals surface area contributed by atoms with Crippen LogP contribution in [0.4, 0.5) is 0 Å². The Hall–Kier alpha value is -2.30. The highest BCUT2D eigenvalue weighted by molar-refractivity contribution is 5.79. The summed E-state index contributed by atoms with van der Waals surface area (Å²) in [5.74, 6) is 0.895. The Bertz CT molecular complexity index is 629. The number of benzene rings is 1. The second kappa shape index (κ2) is 7.99. The molecule has 5 nitrogen and oxygen atoms in total. The van der Waals surface area contributed by atoms with Crippen molar-refractivity contribution < 1.29 is 0 Å². The average molecular weight is 325 g/mol. The van der Waals surface area contributed by atoms with Gasteiger partial charge in [-0.05, 0) is 31.4 Å². The molecule has 0 unspecified atom stereocenters. The fraction of sp³-hybridized carbons (Fsp3) is 0.474. The lowest BCUT2D eigenvalue weighted by molar-refractivity contribution is 0.253. The minimum Gasteiger partial charge on any atom is -0.357 e. The lowest BCUT2D eigenvalue weighted by Crippen LogP contribution is -2.42. The summed E-state index contributed by atoms with van der Waals surface area (Å²) in [5.41, 5.74) is 1.65. The summed E-state index contributed by atoms with van der Waals surface area (Å²) in [4.78, 5) is 4.87. The van der Waals surface area contributed by atoms with Gasteiger partial charge in [0.05, 0.1) is 13.1 Å². The summed E-state index contributed by atoms with van der Waals surface area (Å²) in [6, 6.07) is 12.8. The highest BCUT2D eigenvalue weighted by atomic mass is 15.3. The molecule has 0 radical (unpaired) electrons. The van der Waals surface area contributed by atoms with E-state index in [9.17, 15) is 0 Å². The van der Waals surface area contributed by atoms with Crippen LogP contribution in [-0.4, -0.2) is 35.4 Å². The first kappa shape index (κ1) is 16.6. The quantitative estimate of drug-likeness (QED) is 0.608. The van der Waals surface area contributed by atoms with Crippen molar-refractivity contribution in [3.05, 3.63) is 54.4 Å². The van der Waals surface area contributed by atoms with Crippen molar-refractivity contribution in [2.45, 2.75) is 38.1 Å². The third kappa shape index (κ3) is 3.96. The van der Waals surface area contributed by atoms with Crippen LogP contribution in [0, 0.1) is 0 Å². The largest absolute Gasteiger partial charge is 0.357 e. The predicted molar refractivity (Wildman–Crippen MR) is 98.2 cm³/mol. The zero-order valence-electron chi connectivity index (χ0n) is 14.4. The number of guanidine groups is 1. The van der Waals surface area contributed by atoms with Gasteiger partial charge in [0.1, 0.15) is 0 Å². The van der Waals surface area contributed by atoms with Gasteiger partial charge in [-0.15, -0.1) is 0 Å². The van der Waals surface area contributed by atoms with Crippen molar-refractivity contribution in [1.29, 1.82) is 0 Å². The molecule has 5 heteroatoms. The van der Waals surface area contributed by atoms with E-state index in [-0.39, 0.29) is 5.41 Å². The summed E-state index contributed by atoms with van der Waals surface area (Å²) < 4.78 is 1.92. The van der Waals surface area contributed by atoms with E-state index in [4.69, 9.17) is 4.99 Å². The fourth-order valence-electron chi connectivity index (χ4n) is 3.23. The van der Waals surface area contributed by atoms with Gasteiger partial charge in [0.2, 0.25) is 0 Å². The summed E-state index contributed by atoms with van der Waals surface area (Å²) in [6.45, 7) is 5.45. The molecule has 0 atom stereocenters. The molecule has 2 N–H and O–H groups in total. The SMILES string of the molecule is CCNC(=NCC1(c2ccccc2)CCC1)NCCn1cccn1. The number of hydrogen-bond donors (Lipinski definition) is 2. The van der Waals surface area contributed by atoms with E-state index in [1.54, 1.807) is 6.20 Å². The molecule has 0 spiro atoms. The van der Waals surface area contributed by atoms with Crippen molar-refractivity contribution in [3.8, 4) is 0 Å². The van der Waals surface area contributed by atoms with Gasteiger partial charge in [0.25, 0.3) is 0 Å². The number of rotatable bonds is 7. The first-order chi connectivity index (χ1) is 11.8. The molecular formula is C19H27N5. The Morgan fingerprint density at radius 1 is 1.21 bits per heavy atom. The van der Waals surface area contributed by atoms with Gasteiger partial charge in [-0.2, -0.15) is 5.10 Å². The van der Waals surface area contributed by atoms with E-state index in [0.29, 0.717) is 0 Å². The Labute approximate surface area is 144 Å². The maximum atomic E-state index is 4.87. The molecule has 1 heterocycles. The molecular weight excluding hydrogens is 298 g/mol. The minimum absolute atomic E-state index is 0.228. The molecule has 0 bridgehead atoms. The van der Waals surface area contributed by atoms with E-state index in [1.165, 1.54) is 24.8 Å². The molecule has 0 saturated heterocycles. The highest BCUT2D eigenvalue weighted by Crippen LogP contribution is 2.43. The van der Waals surface area contributed by atoms with E-state index >= 15 is 0 Å². The van der Waals surface area contributed by atoms with E-state index in [2.05, 4.69) is 53.0 Å². The smallest absolute Gasteiger partial charge is 0.191 e. The second-order valence-electron chi connectivity index (χ2n) is 6.39. The van der Waals surface area contributed by atoms with Crippen LogP contribution >= 0.6 is 0 Å². The van der Waals surface area contributed by atoms with Gasteiger partial charge in [-0.1, -0.05) is 36.8 Å². The molecule has 2 aromatic rings.